The van der Waals surface area contributed by atoms with Crippen LogP contribution in [-0.4, -0.2) is 4.98 Å². The first kappa shape index (κ1) is 11.8. The van der Waals surface area contributed by atoms with E-state index in [0.717, 1.165) is 10.7 Å². The van der Waals surface area contributed by atoms with Crippen molar-refractivity contribution < 1.29 is 13.5 Å². The van der Waals surface area contributed by atoms with E-state index in [-0.39, 0.29) is 11.6 Å². The zero-order valence-electron chi connectivity index (χ0n) is 8.45. The number of benzene rings is 1. The Balaban J connectivity index is 2.31. The summed E-state index contributed by atoms with van der Waals surface area (Å²) in [7, 11) is 0. The third-order valence-electron chi connectivity index (χ3n) is 1.95. The van der Waals surface area contributed by atoms with Gasteiger partial charge in [-0.2, -0.15) is 0 Å². The third-order valence-corrected chi connectivity index (χ3v) is 2.45. The topological polar surface area (TPSA) is 48.1 Å². The molecule has 3 nitrogen and oxygen atoms in total. The van der Waals surface area contributed by atoms with Crippen LogP contribution >= 0.6 is 15.9 Å². The summed E-state index contributed by atoms with van der Waals surface area (Å²) in [4.78, 5) is 3.50. The molecule has 1 aromatic carbocycles. The fourth-order valence-corrected chi connectivity index (χ4v) is 1.57. The Kier molecular flexibility index (Phi) is 3.23. The first-order valence-electron chi connectivity index (χ1n) is 4.60. The summed E-state index contributed by atoms with van der Waals surface area (Å²) in [6.45, 7) is 0. The molecule has 0 saturated heterocycles. The van der Waals surface area contributed by atoms with E-state index in [1.807, 2.05) is 0 Å². The molecule has 0 fully saturated rings. The van der Waals surface area contributed by atoms with Gasteiger partial charge >= 0.3 is 0 Å². The van der Waals surface area contributed by atoms with Gasteiger partial charge in [0.1, 0.15) is 5.82 Å². The number of nitrogen functional groups attached to an aromatic ring is 1. The highest BCUT2D eigenvalue weighted by molar-refractivity contribution is 9.10. The van der Waals surface area contributed by atoms with Crippen molar-refractivity contribution in [3.8, 4) is 11.6 Å². The van der Waals surface area contributed by atoms with Crippen LogP contribution in [0.1, 0.15) is 0 Å². The van der Waals surface area contributed by atoms with Gasteiger partial charge in [0.15, 0.2) is 11.6 Å². The highest BCUT2D eigenvalue weighted by Crippen LogP contribution is 2.30. The van der Waals surface area contributed by atoms with Gasteiger partial charge in [0, 0.05) is 10.5 Å². The predicted octanol–water partition coefficient (Wildman–Crippen LogP) is 3.50. The summed E-state index contributed by atoms with van der Waals surface area (Å²) in [5.74, 6) is -1.71. The van der Waals surface area contributed by atoms with E-state index in [0.29, 0.717) is 11.8 Å². The smallest absolute Gasteiger partial charge is 0.256 e. The molecule has 0 saturated carbocycles. The molecule has 17 heavy (non-hydrogen) atoms. The first-order chi connectivity index (χ1) is 8.06. The number of halogens is 3. The van der Waals surface area contributed by atoms with Gasteiger partial charge in [0.2, 0.25) is 0 Å². The fraction of sp³-hybridized carbons (Fsp3) is 0. The van der Waals surface area contributed by atoms with Gasteiger partial charge in [-0.3, -0.25) is 0 Å². The molecule has 0 aliphatic rings. The van der Waals surface area contributed by atoms with Gasteiger partial charge in [0.25, 0.3) is 5.88 Å². The van der Waals surface area contributed by atoms with Gasteiger partial charge in [-0.1, -0.05) is 15.9 Å². The second-order valence-corrected chi connectivity index (χ2v) is 4.14. The molecule has 0 unspecified atom stereocenters. The number of hydrogen-bond acceptors (Lipinski definition) is 3. The molecular weight excluding hydrogens is 294 g/mol. The number of anilines is 1. The quantitative estimate of drug-likeness (QED) is 0.864. The average molecular weight is 301 g/mol. The van der Waals surface area contributed by atoms with E-state index < -0.39 is 11.6 Å². The van der Waals surface area contributed by atoms with Crippen LogP contribution in [0.3, 0.4) is 0 Å². The van der Waals surface area contributed by atoms with Crippen LogP contribution < -0.4 is 10.5 Å². The van der Waals surface area contributed by atoms with Crippen molar-refractivity contribution in [3.63, 3.8) is 0 Å². The molecule has 0 aliphatic carbocycles. The van der Waals surface area contributed by atoms with Crippen molar-refractivity contribution in [2.75, 3.05) is 5.73 Å². The molecule has 2 rings (SSSR count). The van der Waals surface area contributed by atoms with Crippen LogP contribution in [0, 0.1) is 11.6 Å². The minimum absolute atomic E-state index is 0.256. The van der Waals surface area contributed by atoms with Gasteiger partial charge < -0.3 is 10.5 Å². The van der Waals surface area contributed by atoms with E-state index in [1.54, 1.807) is 18.2 Å². The predicted molar refractivity (Wildman–Crippen MR) is 62.8 cm³/mol. The monoisotopic (exact) mass is 300 g/mol. The van der Waals surface area contributed by atoms with E-state index >= 15 is 0 Å². The number of pyridine rings is 1. The van der Waals surface area contributed by atoms with Crippen LogP contribution in [0.2, 0.25) is 0 Å². The van der Waals surface area contributed by atoms with Gasteiger partial charge in [-0.05, 0) is 18.2 Å². The minimum atomic E-state index is -0.882. The van der Waals surface area contributed by atoms with Crippen LogP contribution in [0.5, 0.6) is 11.6 Å². The molecule has 0 aliphatic heterocycles. The Bertz CT molecular complexity index is 514. The van der Waals surface area contributed by atoms with E-state index in [1.165, 1.54) is 0 Å². The Labute approximate surface area is 104 Å². The maximum atomic E-state index is 13.3. The summed E-state index contributed by atoms with van der Waals surface area (Å²) in [5, 5.41) is 0. The fourth-order valence-electron chi connectivity index (χ4n) is 1.19. The molecule has 2 aromatic rings. The molecule has 0 bridgehead atoms. The maximum Gasteiger partial charge on any atom is 0.256 e. The molecule has 1 aromatic heterocycles. The molecule has 0 atom stereocenters. The normalized spacial score (nSPS) is 10.3. The van der Waals surface area contributed by atoms with E-state index in [9.17, 15) is 8.78 Å². The van der Waals surface area contributed by atoms with Gasteiger partial charge in [0.05, 0.1) is 11.9 Å². The molecule has 88 valence electrons. The van der Waals surface area contributed by atoms with Crippen molar-refractivity contribution in [3.05, 3.63) is 46.6 Å². The third kappa shape index (κ3) is 2.71. The zero-order chi connectivity index (χ0) is 12.4. The van der Waals surface area contributed by atoms with Crippen molar-refractivity contribution in [2.24, 2.45) is 0 Å². The lowest BCUT2D eigenvalue weighted by molar-refractivity contribution is 0.418. The lowest BCUT2D eigenvalue weighted by Gasteiger charge is -2.08. The Morgan fingerprint density at radius 3 is 2.65 bits per heavy atom. The summed E-state index contributed by atoms with van der Waals surface area (Å²) < 4.78 is 31.8. The lowest BCUT2D eigenvalue weighted by atomic mass is 10.3. The molecule has 6 heteroatoms. The number of hydrogen-bond donors (Lipinski definition) is 1. The first-order valence-corrected chi connectivity index (χ1v) is 5.39. The highest BCUT2D eigenvalue weighted by Gasteiger charge is 2.09. The van der Waals surface area contributed by atoms with E-state index in [4.69, 9.17) is 10.5 Å². The van der Waals surface area contributed by atoms with E-state index in [2.05, 4.69) is 20.9 Å². The molecular formula is C11H7BrF2N2O. The number of ether oxygens (including phenoxy) is 1. The molecule has 1 heterocycles. The Hall–Kier alpha value is -1.69. The lowest BCUT2D eigenvalue weighted by Crippen LogP contribution is -1.96. The summed E-state index contributed by atoms with van der Waals surface area (Å²) in [5.41, 5.74) is 5.99. The molecule has 2 N–H and O–H groups in total. The van der Waals surface area contributed by atoms with Crippen LogP contribution in [0.15, 0.2) is 34.9 Å². The Morgan fingerprint density at radius 2 is 2.00 bits per heavy atom. The average Bonchev–Trinajstić information content (AvgIpc) is 2.25. The number of nitrogens with two attached hydrogens (primary N) is 1. The molecule has 0 spiro atoms. The number of rotatable bonds is 2. The highest BCUT2D eigenvalue weighted by atomic mass is 79.9. The maximum absolute atomic E-state index is 13.3. The number of nitrogens with zero attached hydrogens (tertiary/aromatic N) is 1. The largest absolute Gasteiger partial charge is 0.434 e. The van der Waals surface area contributed by atoms with Crippen molar-refractivity contribution in [2.45, 2.75) is 0 Å². The summed E-state index contributed by atoms with van der Waals surface area (Å²) in [6, 6.07) is 5.55. The molecule has 0 amide bonds. The van der Waals surface area contributed by atoms with Crippen molar-refractivity contribution in [1.82, 2.24) is 4.98 Å². The molecule has 0 radical (unpaired) electrons. The van der Waals surface area contributed by atoms with Crippen molar-refractivity contribution >= 4 is 21.6 Å². The number of aromatic nitrogens is 1. The van der Waals surface area contributed by atoms with Crippen LogP contribution in [-0.2, 0) is 0 Å². The summed E-state index contributed by atoms with van der Waals surface area (Å²) in [6.07, 6.45) is 0.869. The zero-order valence-corrected chi connectivity index (χ0v) is 10.0. The second kappa shape index (κ2) is 4.67. The van der Waals surface area contributed by atoms with Gasteiger partial charge in [-0.15, -0.1) is 0 Å². The Morgan fingerprint density at radius 1 is 1.24 bits per heavy atom. The minimum Gasteiger partial charge on any atom is -0.434 e. The second-order valence-electron chi connectivity index (χ2n) is 3.22. The summed E-state index contributed by atoms with van der Waals surface area (Å²) >= 11 is 3.23. The van der Waals surface area contributed by atoms with Crippen LogP contribution in [0.25, 0.3) is 0 Å². The van der Waals surface area contributed by atoms with Gasteiger partial charge in [-0.25, -0.2) is 13.8 Å². The van der Waals surface area contributed by atoms with Crippen LogP contribution in [0.4, 0.5) is 14.5 Å². The van der Waals surface area contributed by atoms with Crippen molar-refractivity contribution in [1.29, 1.82) is 0 Å². The standard InChI is InChI=1S/C11H7BrF2N2O/c12-6-1-2-10(9(15)3-6)17-11-8(14)4-7(13)5-16-11/h1-5H,15H2. The SMILES string of the molecule is Nc1cc(Br)ccc1Oc1ncc(F)cc1F.